The van der Waals surface area contributed by atoms with Crippen LogP contribution in [0.1, 0.15) is 34.7 Å². The number of ketones is 1. The van der Waals surface area contributed by atoms with E-state index in [1.165, 1.54) is 7.11 Å². The van der Waals surface area contributed by atoms with Gasteiger partial charge in [0.15, 0.2) is 0 Å². The molecule has 5 heteroatoms. The highest BCUT2D eigenvalue weighted by Crippen LogP contribution is 2.33. The standard InChI is InChI=1S/C20H18BrNO3/c1-25-20(24)17-8-5-9-18(19(17)21)22-15-10-14(11-16(23)12-15)13-6-3-2-4-7-13/h2-10,14,22H,11-12H2,1H3. The predicted molar refractivity (Wildman–Crippen MR) is 101 cm³/mol. The van der Waals surface area contributed by atoms with E-state index in [-0.39, 0.29) is 11.7 Å². The highest BCUT2D eigenvalue weighted by Gasteiger charge is 2.22. The number of rotatable bonds is 4. The van der Waals surface area contributed by atoms with Crippen molar-refractivity contribution in [3.8, 4) is 0 Å². The Hall–Kier alpha value is -2.40. The minimum atomic E-state index is -0.411. The molecular weight excluding hydrogens is 382 g/mol. The van der Waals surface area contributed by atoms with Crippen LogP contribution in [0.25, 0.3) is 0 Å². The first-order valence-corrected chi connectivity index (χ1v) is 8.79. The number of nitrogens with one attached hydrogen (secondary N) is 1. The fourth-order valence-electron chi connectivity index (χ4n) is 2.96. The topological polar surface area (TPSA) is 55.4 Å². The molecule has 0 bridgehead atoms. The molecule has 0 aromatic heterocycles. The molecule has 0 amide bonds. The van der Waals surface area contributed by atoms with Gasteiger partial charge in [-0.25, -0.2) is 4.79 Å². The second-order valence-electron chi connectivity index (χ2n) is 5.91. The maximum absolute atomic E-state index is 12.2. The van der Waals surface area contributed by atoms with E-state index < -0.39 is 5.97 Å². The third-order valence-electron chi connectivity index (χ3n) is 4.16. The summed E-state index contributed by atoms with van der Waals surface area (Å²) in [6.45, 7) is 0. The number of hydrogen-bond donors (Lipinski definition) is 1. The van der Waals surface area contributed by atoms with Crippen LogP contribution in [0.15, 0.2) is 64.8 Å². The molecule has 0 aliphatic heterocycles. The summed E-state index contributed by atoms with van der Waals surface area (Å²) in [5.74, 6) is -0.155. The van der Waals surface area contributed by atoms with E-state index in [2.05, 4.69) is 27.3 Å². The second-order valence-corrected chi connectivity index (χ2v) is 6.71. The van der Waals surface area contributed by atoms with E-state index in [0.29, 0.717) is 22.9 Å². The summed E-state index contributed by atoms with van der Waals surface area (Å²) in [5, 5.41) is 3.28. The molecule has 1 N–H and O–H groups in total. The van der Waals surface area contributed by atoms with Gasteiger partial charge in [-0.2, -0.15) is 0 Å². The Morgan fingerprint density at radius 1 is 1.16 bits per heavy atom. The van der Waals surface area contributed by atoms with Crippen LogP contribution in [0.3, 0.4) is 0 Å². The van der Waals surface area contributed by atoms with Crippen molar-refractivity contribution in [2.45, 2.75) is 18.8 Å². The van der Waals surface area contributed by atoms with Crippen LogP contribution in [-0.2, 0) is 9.53 Å². The van der Waals surface area contributed by atoms with Gasteiger partial charge in [-0.05, 0) is 33.6 Å². The fraction of sp³-hybridized carbons (Fsp3) is 0.200. The van der Waals surface area contributed by atoms with Crippen LogP contribution in [0.2, 0.25) is 0 Å². The third-order valence-corrected chi connectivity index (χ3v) is 5.02. The zero-order valence-electron chi connectivity index (χ0n) is 13.8. The normalized spacial score (nSPS) is 17.0. The van der Waals surface area contributed by atoms with E-state index in [1.807, 2.05) is 36.4 Å². The number of Topliss-reactive ketones (excluding diaryl/α,β-unsaturated/α-hetero) is 1. The Morgan fingerprint density at radius 2 is 1.92 bits per heavy atom. The number of anilines is 1. The lowest BCUT2D eigenvalue weighted by atomic mass is 9.87. The lowest BCUT2D eigenvalue weighted by Crippen LogP contribution is -2.17. The van der Waals surface area contributed by atoms with Gasteiger partial charge in [0.1, 0.15) is 5.78 Å². The number of esters is 1. The van der Waals surface area contributed by atoms with Gasteiger partial charge in [-0.1, -0.05) is 42.5 Å². The number of benzene rings is 2. The van der Waals surface area contributed by atoms with Gasteiger partial charge in [0.25, 0.3) is 0 Å². The van der Waals surface area contributed by atoms with E-state index in [0.717, 1.165) is 16.9 Å². The monoisotopic (exact) mass is 399 g/mol. The molecule has 0 radical (unpaired) electrons. The molecule has 0 saturated heterocycles. The molecule has 4 nitrogen and oxygen atoms in total. The average Bonchev–Trinajstić information content (AvgIpc) is 2.63. The molecule has 3 rings (SSSR count). The first kappa shape index (κ1) is 17.4. The van der Waals surface area contributed by atoms with Crippen molar-refractivity contribution in [2.24, 2.45) is 0 Å². The minimum absolute atomic E-state index is 0.0625. The first-order valence-electron chi connectivity index (χ1n) is 7.99. The molecule has 1 atom stereocenters. The zero-order valence-corrected chi connectivity index (χ0v) is 15.4. The van der Waals surface area contributed by atoms with Gasteiger partial charge < -0.3 is 10.1 Å². The maximum Gasteiger partial charge on any atom is 0.339 e. The van der Waals surface area contributed by atoms with Gasteiger partial charge >= 0.3 is 5.97 Å². The quantitative estimate of drug-likeness (QED) is 0.758. The summed E-state index contributed by atoms with van der Waals surface area (Å²) in [5.41, 5.74) is 3.13. The summed E-state index contributed by atoms with van der Waals surface area (Å²) < 4.78 is 5.41. The predicted octanol–water partition coefficient (Wildman–Crippen LogP) is 4.68. The molecule has 0 heterocycles. The largest absolute Gasteiger partial charge is 0.465 e. The highest BCUT2D eigenvalue weighted by atomic mass is 79.9. The molecule has 0 fully saturated rings. The summed E-state index contributed by atoms with van der Waals surface area (Å²) >= 11 is 3.45. The highest BCUT2D eigenvalue weighted by molar-refractivity contribution is 9.10. The fourth-order valence-corrected chi connectivity index (χ4v) is 3.49. The van der Waals surface area contributed by atoms with Crippen LogP contribution in [0.4, 0.5) is 5.69 Å². The lowest BCUT2D eigenvalue weighted by Gasteiger charge is -2.22. The Balaban J connectivity index is 1.88. The molecule has 2 aromatic rings. The van der Waals surface area contributed by atoms with E-state index in [9.17, 15) is 9.59 Å². The van der Waals surface area contributed by atoms with Crippen LogP contribution in [0, 0.1) is 0 Å². The third kappa shape index (κ3) is 3.99. The van der Waals surface area contributed by atoms with Crippen molar-refractivity contribution in [1.29, 1.82) is 0 Å². The molecule has 1 unspecified atom stereocenters. The smallest absolute Gasteiger partial charge is 0.339 e. The van der Waals surface area contributed by atoms with Crippen LogP contribution >= 0.6 is 15.9 Å². The molecule has 1 aliphatic carbocycles. The van der Waals surface area contributed by atoms with Crippen molar-refractivity contribution in [2.75, 3.05) is 12.4 Å². The number of hydrogen-bond acceptors (Lipinski definition) is 4. The van der Waals surface area contributed by atoms with Gasteiger partial charge in [-0.15, -0.1) is 0 Å². The van der Waals surface area contributed by atoms with Gasteiger partial charge in [0.05, 0.1) is 22.8 Å². The maximum atomic E-state index is 12.2. The number of halogens is 1. The first-order chi connectivity index (χ1) is 12.1. The van der Waals surface area contributed by atoms with Gasteiger partial charge in [0, 0.05) is 24.5 Å². The van der Waals surface area contributed by atoms with Crippen molar-refractivity contribution in [1.82, 2.24) is 0 Å². The number of allylic oxidation sites excluding steroid dienone is 2. The number of methoxy groups -OCH3 is 1. The van der Waals surface area contributed by atoms with E-state index in [1.54, 1.807) is 12.1 Å². The lowest BCUT2D eigenvalue weighted by molar-refractivity contribution is -0.118. The van der Waals surface area contributed by atoms with Crippen LogP contribution in [0.5, 0.6) is 0 Å². The molecule has 25 heavy (non-hydrogen) atoms. The Kier molecular flexibility index (Phi) is 5.34. The van der Waals surface area contributed by atoms with Gasteiger partial charge in [-0.3, -0.25) is 4.79 Å². The SMILES string of the molecule is COC(=O)c1cccc(NC2=CC(c3ccccc3)CC(=O)C2)c1Br. The van der Waals surface area contributed by atoms with Gasteiger partial charge in [0.2, 0.25) is 0 Å². The second kappa shape index (κ2) is 7.66. The van der Waals surface area contributed by atoms with Crippen molar-refractivity contribution in [3.63, 3.8) is 0 Å². The van der Waals surface area contributed by atoms with Crippen molar-refractivity contribution < 1.29 is 14.3 Å². The number of ether oxygens (including phenoxy) is 1. The molecule has 0 saturated carbocycles. The molecule has 128 valence electrons. The number of carbonyl (C=O) groups is 2. The van der Waals surface area contributed by atoms with Crippen LogP contribution < -0.4 is 5.32 Å². The average molecular weight is 400 g/mol. The Labute approximate surface area is 155 Å². The van der Waals surface area contributed by atoms with E-state index >= 15 is 0 Å². The summed E-state index contributed by atoms with van der Waals surface area (Å²) in [6, 6.07) is 15.3. The molecule has 2 aromatic carbocycles. The molecule has 1 aliphatic rings. The van der Waals surface area contributed by atoms with E-state index in [4.69, 9.17) is 4.74 Å². The Bertz CT molecular complexity index is 830. The zero-order chi connectivity index (χ0) is 17.8. The minimum Gasteiger partial charge on any atom is -0.465 e. The summed E-state index contributed by atoms with van der Waals surface area (Å²) in [6.07, 6.45) is 2.96. The van der Waals surface area contributed by atoms with Crippen molar-refractivity contribution in [3.05, 3.63) is 75.9 Å². The molecule has 0 spiro atoms. The summed E-state index contributed by atoms with van der Waals surface area (Å²) in [7, 11) is 1.35. The summed E-state index contributed by atoms with van der Waals surface area (Å²) in [4.78, 5) is 24.0. The number of carbonyl (C=O) groups excluding carboxylic acids is 2. The van der Waals surface area contributed by atoms with Crippen LogP contribution in [-0.4, -0.2) is 18.9 Å². The Morgan fingerprint density at radius 3 is 2.64 bits per heavy atom. The van der Waals surface area contributed by atoms with Crippen molar-refractivity contribution >= 4 is 33.4 Å². The molecular formula is C20H18BrNO3.